The lowest BCUT2D eigenvalue weighted by molar-refractivity contribution is -0.119. The highest BCUT2D eigenvalue weighted by atomic mass is 16.5. The van der Waals surface area contributed by atoms with Gasteiger partial charge in [0.1, 0.15) is 5.69 Å². The van der Waals surface area contributed by atoms with E-state index in [4.69, 9.17) is 10.5 Å². The molecule has 106 valence electrons. The molecule has 2 heterocycles. The summed E-state index contributed by atoms with van der Waals surface area (Å²) in [5, 5.41) is 4.12. The monoisotopic (exact) mass is 266 g/mol. The highest BCUT2D eigenvalue weighted by Gasteiger charge is 2.35. The predicted molar refractivity (Wildman–Crippen MR) is 72.8 cm³/mol. The van der Waals surface area contributed by atoms with E-state index in [2.05, 4.69) is 5.10 Å². The fourth-order valence-electron chi connectivity index (χ4n) is 2.63. The summed E-state index contributed by atoms with van der Waals surface area (Å²) >= 11 is 0. The fraction of sp³-hybridized carbons (Fsp3) is 0.692. The average Bonchev–Trinajstić information content (AvgIpc) is 2.66. The zero-order chi connectivity index (χ0) is 14.2. The third-order valence-electron chi connectivity index (χ3n) is 3.23. The first-order valence-corrected chi connectivity index (χ1v) is 6.62. The van der Waals surface area contributed by atoms with Crippen molar-refractivity contribution >= 4 is 11.6 Å². The first kappa shape index (κ1) is 13.9. The molecule has 1 aromatic heterocycles. The summed E-state index contributed by atoms with van der Waals surface area (Å²) in [7, 11) is 0. The van der Waals surface area contributed by atoms with Crippen molar-refractivity contribution in [3.8, 4) is 0 Å². The van der Waals surface area contributed by atoms with Crippen LogP contribution in [0.2, 0.25) is 0 Å². The van der Waals surface area contributed by atoms with Crippen LogP contribution < -0.4 is 5.73 Å². The highest BCUT2D eigenvalue weighted by Crippen LogP contribution is 2.23. The molecule has 0 bridgehead atoms. The van der Waals surface area contributed by atoms with Crippen molar-refractivity contribution < 1.29 is 9.53 Å². The van der Waals surface area contributed by atoms with Crippen LogP contribution in [0.5, 0.6) is 0 Å². The van der Waals surface area contributed by atoms with Gasteiger partial charge in [0.25, 0.3) is 5.91 Å². The zero-order valence-corrected chi connectivity index (χ0v) is 12.0. The van der Waals surface area contributed by atoms with Crippen molar-refractivity contribution in [3.63, 3.8) is 0 Å². The smallest absolute Gasteiger partial charge is 0.274 e. The van der Waals surface area contributed by atoms with E-state index in [9.17, 15) is 4.79 Å². The molecule has 6 nitrogen and oxygen atoms in total. The molecule has 0 aromatic carbocycles. The number of nitrogens with zero attached hydrogens (tertiary/aromatic N) is 3. The fourth-order valence-corrected chi connectivity index (χ4v) is 2.63. The first-order chi connectivity index (χ1) is 8.84. The number of ether oxygens (including phenoxy) is 1. The number of amides is 1. The van der Waals surface area contributed by atoms with Crippen LogP contribution in [0.3, 0.4) is 0 Å². The Labute approximate surface area is 113 Å². The summed E-state index contributed by atoms with van der Waals surface area (Å²) in [4.78, 5) is 14.4. The Morgan fingerprint density at radius 2 is 2.32 bits per heavy atom. The Hall–Kier alpha value is -1.56. The number of nitrogens with two attached hydrogens (primary N) is 1. The van der Waals surface area contributed by atoms with Crippen LogP contribution in [-0.2, 0) is 11.3 Å². The molecule has 0 spiro atoms. The maximum absolute atomic E-state index is 12.6. The van der Waals surface area contributed by atoms with Gasteiger partial charge in [0.05, 0.1) is 23.6 Å². The van der Waals surface area contributed by atoms with Gasteiger partial charge in [-0.2, -0.15) is 5.10 Å². The Bertz CT molecular complexity index is 481. The lowest BCUT2D eigenvalue weighted by atomic mass is 10.1. The van der Waals surface area contributed by atoms with Gasteiger partial charge in [-0.05, 0) is 27.7 Å². The summed E-state index contributed by atoms with van der Waals surface area (Å²) in [6, 6.07) is 0. The van der Waals surface area contributed by atoms with Crippen molar-refractivity contribution in [1.29, 1.82) is 0 Å². The highest BCUT2D eigenvalue weighted by molar-refractivity contribution is 5.97. The summed E-state index contributed by atoms with van der Waals surface area (Å²) in [5.74, 6) is -0.0694. The molecule has 0 saturated carbocycles. The molecule has 6 heteroatoms. The van der Waals surface area contributed by atoms with Gasteiger partial charge in [0.15, 0.2) is 0 Å². The van der Waals surface area contributed by atoms with Crippen LogP contribution in [0.25, 0.3) is 0 Å². The molecule has 19 heavy (non-hydrogen) atoms. The minimum atomic E-state index is -0.334. The standard InChI is InChI=1S/C13H22N4O2/c1-5-17-11(10(14)6-15-17)12(18)16-7-9(2)19-13(3,4)8-16/h6,9H,5,7-8,14H2,1-4H3. The lowest BCUT2D eigenvalue weighted by Gasteiger charge is -2.41. The number of rotatable bonds is 2. The molecule has 0 aliphatic carbocycles. The number of hydrogen-bond donors (Lipinski definition) is 1. The molecule has 1 aliphatic heterocycles. The number of aryl methyl sites for hydroxylation is 1. The third kappa shape index (κ3) is 2.73. The molecule has 1 aromatic rings. The number of morpholine rings is 1. The number of carbonyl (C=O) groups excluding carboxylic acids is 1. The van der Waals surface area contributed by atoms with Gasteiger partial charge in [-0.3, -0.25) is 9.48 Å². The van der Waals surface area contributed by atoms with E-state index in [-0.39, 0.29) is 17.6 Å². The van der Waals surface area contributed by atoms with E-state index >= 15 is 0 Å². The summed E-state index contributed by atoms with van der Waals surface area (Å²) < 4.78 is 7.45. The Kier molecular flexibility index (Phi) is 3.54. The van der Waals surface area contributed by atoms with Crippen molar-refractivity contribution in [2.45, 2.75) is 45.9 Å². The molecule has 1 unspecified atom stereocenters. The van der Waals surface area contributed by atoms with E-state index in [1.54, 1.807) is 9.58 Å². The predicted octanol–water partition coefficient (Wildman–Crippen LogP) is 1.12. The molecule has 1 aliphatic rings. The Morgan fingerprint density at radius 3 is 2.89 bits per heavy atom. The van der Waals surface area contributed by atoms with E-state index in [0.717, 1.165) is 0 Å². The molecule has 1 saturated heterocycles. The summed E-state index contributed by atoms with van der Waals surface area (Å²) in [5.41, 5.74) is 6.44. The molecule has 2 N–H and O–H groups in total. The van der Waals surface area contributed by atoms with Gasteiger partial charge in [-0.15, -0.1) is 0 Å². The topological polar surface area (TPSA) is 73.4 Å². The molecule has 2 rings (SSSR count). The van der Waals surface area contributed by atoms with Crippen LogP contribution in [0, 0.1) is 0 Å². The molecule has 1 fully saturated rings. The van der Waals surface area contributed by atoms with Crippen molar-refractivity contribution in [1.82, 2.24) is 14.7 Å². The first-order valence-electron chi connectivity index (χ1n) is 6.62. The molecule has 1 atom stereocenters. The van der Waals surface area contributed by atoms with Crippen LogP contribution in [0.4, 0.5) is 5.69 Å². The SMILES string of the molecule is CCn1ncc(N)c1C(=O)N1CC(C)OC(C)(C)C1. The minimum Gasteiger partial charge on any atom is -0.396 e. The van der Waals surface area contributed by atoms with E-state index < -0.39 is 0 Å². The molecule has 1 amide bonds. The van der Waals surface area contributed by atoms with Crippen LogP contribution in [0.15, 0.2) is 6.20 Å². The van der Waals surface area contributed by atoms with Gasteiger partial charge < -0.3 is 15.4 Å². The number of anilines is 1. The third-order valence-corrected chi connectivity index (χ3v) is 3.23. The van der Waals surface area contributed by atoms with Gasteiger partial charge in [-0.25, -0.2) is 0 Å². The van der Waals surface area contributed by atoms with E-state index in [1.807, 2.05) is 27.7 Å². The van der Waals surface area contributed by atoms with E-state index in [0.29, 0.717) is 31.0 Å². The number of hydrogen-bond acceptors (Lipinski definition) is 4. The Balaban J connectivity index is 2.26. The average molecular weight is 266 g/mol. The number of carbonyl (C=O) groups is 1. The molecular weight excluding hydrogens is 244 g/mol. The minimum absolute atomic E-state index is 0.0203. The second kappa shape index (κ2) is 4.85. The van der Waals surface area contributed by atoms with Crippen LogP contribution in [0.1, 0.15) is 38.2 Å². The van der Waals surface area contributed by atoms with Gasteiger partial charge in [0, 0.05) is 19.6 Å². The molecular formula is C13H22N4O2. The summed E-state index contributed by atoms with van der Waals surface area (Å²) in [6.07, 6.45) is 1.55. The quantitative estimate of drug-likeness (QED) is 0.870. The Morgan fingerprint density at radius 1 is 1.63 bits per heavy atom. The maximum atomic E-state index is 12.6. The summed E-state index contributed by atoms with van der Waals surface area (Å²) in [6.45, 7) is 9.66. The second-order valence-corrected chi connectivity index (χ2v) is 5.64. The maximum Gasteiger partial charge on any atom is 0.274 e. The second-order valence-electron chi connectivity index (χ2n) is 5.64. The number of nitrogen functional groups attached to an aromatic ring is 1. The van der Waals surface area contributed by atoms with Gasteiger partial charge in [-0.1, -0.05) is 0 Å². The van der Waals surface area contributed by atoms with E-state index in [1.165, 1.54) is 6.20 Å². The number of aromatic nitrogens is 2. The molecule has 0 radical (unpaired) electrons. The van der Waals surface area contributed by atoms with Gasteiger partial charge >= 0.3 is 0 Å². The zero-order valence-electron chi connectivity index (χ0n) is 12.0. The van der Waals surface area contributed by atoms with Crippen molar-refractivity contribution in [3.05, 3.63) is 11.9 Å². The van der Waals surface area contributed by atoms with Crippen molar-refractivity contribution in [2.75, 3.05) is 18.8 Å². The van der Waals surface area contributed by atoms with Crippen LogP contribution >= 0.6 is 0 Å². The lowest BCUT2D eigenvalue weighted by Crippen LogP contribution is -2.54. The van der Waals surface area contributed by atoms with Crippen LogP contribution in [-0.4, -0.2) is 45.4 Å². The van der Waals surface area contributed by atoms with Gasteiger partial charge in [0.2, 0.25) is 0 Å². The normalized spacial score (nSPS) is 22.5. The largest absolute Gasteiger partial charge is 0.396 e. The van der Waals surface area contributed by atoms with Crippen molar-refractivity contribution in [2.24, 2.45) is 0 Å².